The summed E-state index contributed by atoms with van der Waals surface area (Å²) in [6.07, 6.45) is 9.95. The number of hydrogen-bond donors (Lipinski definition) is 2. The fourth-order valence-electron chi connectivity index (χ4n) is 12.4. The summed E-state index contributed by atoms with van der Waals surface area (Å²) in [5.41, 5.74) is 11.9. The molecule has 0 amide bonds. The van der Waals surface area contributed by atoms with E-state index in [1.54, 1.807) is 0 Å². The first-order valence-corrected chi connectivity index (χ1v) is 36.4. The summed E-state index contributed by atoms with van der Waals surface area (Å²) in [6, 6.07) is 80.0. The number of rotatable bonds is 33. The van der Waals surface area contributed by atoms with Gasteiger partial charge in [0.15, 0.2) is 29.1 Å². The van der Waals surface area contributed by atoms with Crippen molar-refractivity contribution in [2.24, 2.45) is 0 Å². The highest BCUT2D eigenvalue weighted by Gasteiger charge is 2.37. The van der Waals surface area contributed by atoms with E-state index in [0.717, 1.165) is 128 Å². The molecule has 0 radical (unpaired) electrons. The number of fused-ring (bicyclic) bond motifs is 2. The van der Waals surface area contributed by atoms with E-state index in [0.29, 0.717) is 88.3 Å². The second-order valence-corrected chi connectivity index (χ2v) is 26.3. The van der Waals surface area contributed by atoms with Gasteiger partial charge in [-0.2, -0.15) is 0 Å². The Balaban J connectivity index is 0.000000198. The van der Waals surface area contributed by atoms with Crippen molar-refractivity contribution in [3.8, 4) is 46.0 Å². The van der Waals surface area contributed by atoms with Gasteiger partial charge < -0.3 is 52.8 Å². The molecule has 12 rings (SSSR count). The Morgan fingerprint density at radius 3 is 1.08 bits per heavy atom. The number of aliphatic carboxylic acids is 1. The smallest absolute Gasteiger partial charge is 0.306 e. The first-order valence-electron chi connectivity index (χ1n) is 36.4. The molecule has 0 bridgehead atoms. The quantitative estimate of drug-likeness (QED) is 0.0296. The zero-order valence-electron chi connectivity index (χ0n) is 59.9. The minimum absolute atomic E-state index is 0.212. The van der Waals surface area contributed by atoms with Crippen LogP contribution in [0.5, 0.6) is 46.0 Å². The van der Waals surface area contributed by atoms with Crippen LogP contribution in [0.25, 0.3) is 0 Å². The lowest BCUT2D eigenvalue weighted by Crippen LogP contribution is -2.35. The van der Waals surface area contributed by atoms with Crippen LogP contribution >= 0.6 is 0 Å². The molecule has 103 heavy (non-hydrogen) atoms. The maximum Gasteiger partial charge on any atom is 0.306 e. The summed E-state index contributed by atoms with van der Waals surface area (Å²) in [4.78, 5) is 23.4. The summed E-state index contributed by atoms with van der Waals surface area (Å²) < 4.78 is 57.3. The van der Waals surface area contributed by atoms with Gasteiger partial charge in [0, 0.05) is 42.4 Å². The largest absolute Gasteiger partial charge is 0.488 e. The molecule has 0 fully saturated rings. The zero-order valence-corrected chi connectivity index (χ0v) is 59.9. The van der Waals surface area contributed by atoms with Gasteiger partial charge in [0.25, 0.3) is 0 Å². The SMILES string of the molecule is CCCCCCCC(=O)O.CCCCCCCC(=O)O[C@@H]1Cc2c(OCc3ccccc3)cc(C)cc2O[C@@H]1c1ccc(OCc2ccccc2)c(OCc2ccccc2)c1.Cc1cc(OCc2ccccc2)c2c(c1)O[C@H](c1ccc(OCc3ccccc3)c(OCc3ccccc3)c1)[C@H](O)C2. The highest BCUT2D eigenvalue weighted by molar-refractivity contribution is 5.70. The normalized spacial score (nSPS) is 14.8. The molecule has 10 aromatic rings. The van der Waals surface area contributed by atoms with Crippen LogP contribution in [0.2, 0.25) is 0 Å². The van der Waals surface area contributed by atoms with Gasteiger partial charge >= 0.3 is 11.9 Å². The molecule has 0 spiro atoms. The van der Waals surface area contributed by atoms with Crippen LogP contribution in [-0.2, 0) is 66.8 Å². The van der Waals surface area contributed by atoms with Crippen molar-refractivity contribution in [3.63, 3.8) is 0 Å². The van der Waals surface area contributed by atoms with Crippen molar-refractivity contribution in [2.75, 3.05) is 0 Å². The fourth-order valence-corrected chi connectivity index (χ4v) is 12.4. The molecule has 2 heterocycles. The molecule has 536 valence electrons. The Bertz CT molecular complexity index is 4170. The highest BCUT2D eigenvalue weighted by Crippen LogP contribution is 2.46. The van der Waals surface area contributed by atoms with E-state index in [1.165, 1.54) is 25.7 Å². The number of carbonyl (C=O) groups excluding carboxylic acids is 1. The van der Waals surface area contributed by atoms with Gasteiger partial charge in [-0.1, -0.05) is 259 Å². The molecule has 13 nitrogen and oxygen atoms in total. The molecule has 2 aliphatic heterocycles. The summed E-state index contributed by atoms with van der Waals surface area (Å²) in [5, 5.41) is 19.6. The van der Waals surface area contributed by atoms with Gasteiger partial charge in [-0.15, -0.1) is 0 Å². The number of esters is 1. The van der Waals surface area contributed by atoms with Gasteiger partial charge in [0.2, 0.25) is 0 Å². The standard InChI is InChI=1S/C45H48O6.C37H34O5.C8H16O2/c1-3-4-5-6-16-23-44(46)50-43-29-38-40(48-31-35-19-12-8-13-20-35)26-33(2)27-41(38)51-45(43)37-24-25-39(47-30-34-17-10-7-11-18-34)42(28-37)49-32-36-21-14-9-15-22-36;1-26-19-34(40-24-28-13-7-3-8-14-28)31-22-32(38)37(42-35(31)20-26)30-17-18-33(39-23-27-11-5-2-6-12-27)36(21-30)41-25-29-15-9-4-10-16-29;1-2-3-4-5-6-7-8(9)10/h7-15,17-22,24-28,43,45H,3-6,16,23,29-32H2,1-2H3;2-21,32,37-38H,22-25H2,1H3;2-7H2,1H3,(H,9,10)/t43-,45-;32-,37-;/m11./s1. The van der Waals surface area contributed by atoms with Crippen LogP contribution in [0.3, 0.4) is 0 Å². The minimum Gasteiger partial charge on any atom is -0.488 e. The van der Waals surface area contributed by atoms with Crippen LogP contribution in [0, 0.1) is 13.8 Å². The van der Waals surface area contributed by atoms with Crippen LogP contribution in [0.15, 0.2) is 243 Å². The zero-order chi connectivity index (χ0) is 71.8. The third-order valence-electron chi connectivity index (χ3n) is 17.9. The lowest BCUT2D eigenvalue weighted by molar-refractivity contribution is -0.155. The molecule has 0 unspecified atom stereocenters. The number of carbonyl (C=O) groups is 2. The molecule has 0 saturated carbocycles. The van der Waals surface area contributed by atoms with E-state index in [-0.39, 0.29) is 5.97 Å². The van der Waals surface area contributed by atoms with Crippen LogP contribution in [0.4, 0.5) is 0 Å². The van der Waals surface area contributed by atoms with Crippen molar-refractivity contribution < 1.29 is 62.4 Å². The lowest BCUT2D eigenvalue weighted by atomic mass is 9.92. The predicted octanol–water partition coefficient (Wildman–Crippen LogP) is 20.9. The van der Waals surface area contributed by atoms with Crippen molar-refractivity contribution in [1.29, 1.82) is 0 Å². The average molecular weight is 1390 g/mol. The summed E-state index contributed by atoms with van der Waals surface area (Å²) in [7, 11) is 0. The van der Waals surface area contributed by atoms with E-state index in [9.17, 15) is 14.7 Å². The fraction of sp³-hybridized carbons (Fsp3) is 0.311. The number of unbranched alkanes of at least 4 members (excludes halogenated alkanes) is 8. The number of carboxylic acid groups (broad SMARTS) is 1. The Hall–Kier alpha value is -10.5. The topological polar surface area (TPSA) is 158 Å². The maximum atomic E-state index is 13.3. The second kappa shape index (κ2) is 40.2. The molecule has 4 atom stereocenters. The average Bonchev–Trinajstić information content (AvgIpc) is 0.779. The highest BCUT2D eigenvalue weighted by atomic mass is 16.6. The maximum absolute atomic E-state index is 13.3. The molecule has 0 aliphatic carbocycles. The summed E-state index contributed by atoms with van der Waals surface area (Å²) in [6.45, 7) is 10.9. The third kappa shape index (κ3) is 23.8. The van der Waals surface area contributed by atoms with Gasteiger partial charge in [0.1, 0.15) is 74.8 Å². The van der Waals surface area contributed by atoms with Gasteiger partial charge in [-0.25, -0.2) is 0 Å². The number of benzene rings is 10. The minimum atomic E-state index is -0.766. The first-order chi connectivity index (χ1) is 50.4. The molecule has 0 saturated heterocycles. The Morgan fingerprint density at radius 1 is 0.369 bits per heavy atom. The molecular formula is C90H98O13. The number of aliphatic hydroxyl groups is 1. The summed E-state index contributed by atoms with van der Waals surface area (Å²) >= 11 is 0. The lowest BCUT2D eigenvalue weighted by Gasteiger charge is -2.35. The number of aliphatic hydroxyl groups excluding tert-OH is 1. The Morgan fingerprint density at radius 2 is 0.699 bits per heavy atom. The third-order valence-corrected chi connectivity index (χ3v) is 17.9. The Labute approximate surface area is 608 Å². The van der Waals surface area contributed by atoms with Gasteiger partial charge in [0.05, 0.1) is 6.10 Å². The van der Waals surface area contributed by atoms with Crippen LogP contribution in [-0.4, -0.2) is 34.4 Å². The molecular weight excluding hydrogens is 1290 g/mol. The van der Waals surface area contributed by atoms with Crippen molar-refractivity contribution in [3.05, 3.63) is 309 Å². The van der Waals surface area contributed by atoms with E-state index < -0.39 is 30.4 Å². The van der Waals surface area contributed by atoms with Crippen molar-refractivity contribution in [2.45, 2.75) is 182 Å². The van der Waals surface area contributed by atoms with Gasteiger partial charge in [-0.3, -0.25) is 9.59 Å². The van der Waals surface area contributed by atoms with E-state index in [1.807, 2.05) is 257 Å². The predicted molar refractivity (Wildman–Crippen MR) is 404 cm³/mol. The monoisotopic (exact) mass is 1390 g/mol. The first kappa shape index (κ1) is 75.2. The second-order valence-electron chi connectivity index (χ2n) is 26.3. The van der Waals surface area contributed by atoms with E-state index in [2.05, 4.69) is 13.8 Å². The number of carboxylic acids is 1. The van der Waals surface area contributed by atoms with E-state index in [4.69, 9.17) is 47.7 Å². The van der Waals surface area contributed by atoms with E-state index >= 15 is 0 Å². The summed E-state index contributed by atoms with van der Waals surface area (Å²) in [5.74, 6) is 4.51. The van der Waals surface area contributed by atoms with Crippen LogP contribution < -0.4 is 37.9 Å². The molecule has 13 heteroatoms. The molecule has 0 aromatic heterocycles. The molecule has 10 aromatic carbocycles. The Kier molecular flexibility index (Phi) is 29.4. The molecule has 2 aliphatic rings. The van der Waals surface area contributed by atoms with Crippen molar-refractivity contribution in [1.82, 2.24) is 0 Å². The van der Waals surface area contributed by atoms with Gasteiger partial charge in [-0.05, 0) is 125 Å². The van der Waals surface area contributed by atoms with Crippen LogP contribution in [0.1, 0.15) is 170 Å². The number of hydrogen-bond acceptors (Lipinski definition) is 12. The van der Waals surface area contributed by atoms with Crippen molar-refractivity contribution >= 4 is 11.9 Å². The molecule has 2 N–H and O–H groups in total. The number of aryl methyl sites for hydroxylation is 2. The number of ether oxygens (including phenoxy) is 9.